The van der Waals surface area contributed by atoms with Crippen LogP contribution in [0.4, 0.5) is 0 Å². The van der Waals surface area contributed by atoms with Crippen LogP contribution in [0.2, 0.25) is 0 Å². The average Bonchev–Trinajstić information content (AvgIpc) is 1.79. The molecule has 82 valence electrons. The van der Waals surface area contributed by atoms with Gasteiger partial charge in [-0.1, -0.05) is 0 Å². The summed E-state index contributed by atoms with van der Waals surface area (Å²) in [6.07, 6.45) is -0.139. The van der Waals surface area contributed by atoms with Gasteiger partial charge in [0, 0.05) is 0 Å². The van der Waals surface area contributed by atoms with Gasteiger partial charge in [0.25, 0.3) is 0 Å². The monoisotopic (exact) mass is 201 g/mol. The maximum absolute atomic E-state index is 11.3. The lowest BCUT2D eigenvalue weighted by Crippen LogP contribution is -2.57. The normalized spacial score (nSPS) is 12.4. The minimum Gasteiger partial charge on any atom is -0.388 e. The van der Waals surface area contributed by atoms with Crippen molar-refractivity contribution in [3.8, 4) is 0 Å². The average molecular weight is 201 g/mol. The molecule has 0 aliphatic rings. The standard InChI is InChI=1S/C10H19NO3/c1-7(12)6-8(13)11-9(2,3)10(4,5)14/h14H,6H2,1-5H3,(H,11,13). The molecule has 4 nitrogen and oxygen atoms in total. The molecule has 0 aliphatic carbocycles. The zero-order valence-electron chi connectivity index (χ0n) is 9.47. The molecule has 2 N–H and O–H groups in total. The number of amides is 1. The molecule has 0 heterocycles. The van der Waals surface area contributed by atoms with Gasteiger partial charge in [-0.2, -0.15) is 0 Å². The van der Waals surface area contributed by atoms with Crippen molar-refractivity contribution in [2.75, 3.05) is 0 Å². The topological polar surface area (TPSA) is 66.4 Å². The third-order valence-corrected chi connectivity index (χ3v) is 2.39. The van der Waals surface area contributed by atoms with E-state index in [1.807, 2.05) is 0 Å². The van der Waals surface area contributed by atoms with Gasteiger partial charge in [0.15, 0.2) is 0 Å². The molecule has 0 aliphatic heterocycles. The maximum atomic E-state index is 11.3. The lowest BCUT2D eigenvalue weighted by molar-refractivity contribution is -0.130. The number of rotatable bonds is 4. The molecule has 0 aromatic carbocycles. The molecule has 1 amide bonds. The zero-order valence-corrected chi connectivity index (χ0v) is 9.47. The van der Waals surface area contributed by atoms with E-state index < -0.39 is 11.1 Å². The van der Waals surface area contributed by atoms with E-state index in [0.717, 1.165) is 0 Å². The van der Waals surface area contributed by atoms with Crippen LogP contribution in [-0.2, 0) is 9.59 Å². The van der Waals surface area contributed by atoms with Crippen molar-refractivity contribution < 1.29 is 14.7 Å². The molecule has 0 unspecified atom stereocenters. The van der Waals surface area contributed by atoms with Crippen LogP contribution in [-0.4, -0.2) is 27.9 Å². The fourth-order valence-corrected chi connectivity index (χ4v) is 0.772. The highest BCUT2D eigenvalue weighted by Crippen LogP contribution is 2.20. The van der Waals surface area contributed by atoms with E-state index in [4.69, 9.17) is 0 Å². The molecule has 0 aromatic heterocycles. The number of aliphatic hydroxyl groups is 1. The van der Waals surface area contributed by atoms with Crippen molar-refractivity contribution in [3.05, 3.63) is 0 Å². The van der Waals surface area contributed by atoms with E-state index in [9.17, 15) is 14.7 Å². The minimum atomic E-state index is -1.03. The Hall–Kier alpha value is -0.900. The Balaban J connectivity index is 4.37. The second kappa shape index (κ2) is 4.09. The number of ketones is 1. The Morgan fingerprint density at radius 2 is 1.64 bits per heavy atom. The molecular weight excluding hydrogens is 182 g/mol. The lowest BCUT2D eigenvalue weighted by atomic mass is 9.86. The molecule has 0 saturated carbocycles. The fourth-order valence-electron chi connectivity index (χ4n) is 0.772. The first-order valence-electron chi connectivity index (χ1n) is 4.59. The summed E-state index contributed by atoms with van der Waals surface area (Å²) in [5.41, 5.74) is -1.78. The third kappa shape index (κ3) is 3.87. The first kappa shape index (κ1) is 13.1. The summed E-state index contributed by atoms with van der Waals surface area (Å²) in [7, 11) is 0. The first-order chi connectivity index (χ1) is 6.06. The highest BCUT2D eigenvalue weighted by Gasteiger charge is 2.36. The Kier molecular flexibility index (Phi) is 3.82. The Bertz CT molecular complexity index is 238. The molecular formula is C10H19NO3. The molecule has 0 fully saturated rings. The van der Waals surface area contributed by atoms with Crippen molar-refractivity contribution >= 4 is 11.7 Å². The molecule has 0 atom stereocenters. The smallest absolute Gasteiger partial charge is 0.227 e. The summed E-state index contributed by atoms with van der Waals surface area (Å²) < 4.78 is 0. The second-order valence-electron chi connectivity index (χ2n) is 4.61. The van der Waals surface area contributed by atoms with Crippen LogP contribution in [0, 0.1) is 0 Å². The highest BCUT2D eigenvalue weighted by atomic mass is 16.3. The summed E-state index contributed by atoms with van der Waals surface area (Å²) >= 11 is 0. The van der Waals surface area contributed by atoms with E-state index in [2.05, 4.69) is 5.32 Å². The van der Waals surface area contributed by atoms with Crippen LogP contribution in [0.1, 0.15) is 41.0 Å². The number of carbonyl (C=O) groups excluding carboxylic acids is 2. The van der Waals surface area contributed by atoms with Gasteiger partial charge in [-0.3, -0.25) is 9.59 Å². The summed E-state index contributed by atoms with van der Waals surface area (Å²) in [5.74, 6) is -0.543. The summed E-state index contributed by atoms with van der Waals surface area (Å²) in [4.78, 5) is 21.9. The van der Waals surface area contributed by atoms with E-state index >= 15 is 0 Å². The van der Waals surface area contributed by atoms with Crippen LogP contribution in [0.25, 0.3) is 0 Å². The summed E-state index contributed by atoms with van der Waals surface area (Å²) in [5, 5.41) is 12.3. The molecule has 14 heavy (non-hydrogen) atoms. The Labute approximate surface area is 84.7 Å². The molecule has 0 aromatic rings. The highest BCUT2D eigenvalue weighted by molar-refractivity contribution is 5.97. The first-order valence-corrected chi connectivity index (χ1v) is 4.59. The number of Topliss-reactive ketones (excluding diaryl/α,β-unsaturated/α-hetero) is 1. The van der Waals surface area contributed by atoms with Gasteiger partial charge in [-0.05, 0) is 34.6 Å². The van der Waals surface area contributed by atoms with E-state index in [0.29, 0.717) is 0 Å². The molecule has 0 rings (SSSR count). The Morgan fingerprint density at radius 3 is 1.93 bits per heavy atom. The number of hydrogen-bond donors (Lipinski definition) is 2. The number of nitrogens with one attached hydrogen (secondary N) is 1. The predicted octanol–water partition coefficient (Wildman–Crippen LogP) is 0.631. The van der Waals surface area contributed by atoms with Crippen LogP contribution in [0.5, 0.6) is 0 Å². The predicted molar refractivity (Wildman–Crippen MR) is 53.8 cm³/mol. The Morgan fingerprint density at radius 1 is 1.21 bits per heavy atom. The molecule has 0 saturated heterocycles. The van der Waals surface area contributed by atoms with Gasteiger partial charge in [0.05, 0.1) is 17.6 Å². The van der Waals surface area contributed by atoms with Gasteiger partial charge in [0.2, 0.25) is 5.91 Å². The van der Waals surface area contributed by atoms with Crippen LogP contribution in [0.15, 0.2) is 0 Å². The largest absolute Gasteiger partial charge is 0.388 e. The van der Waals surface area contributed by atoms with E-state index in [1.54, 1.807) is 27.7 Å². The van der Waals surface area contributed by atoms with Crippen molar-refractivity contribution in [1.82, 2.24) is 5.32 Å². The number of hydrogen-bond acceptors (Lipinski definition) is 3. The SMILES string of the molecule is CC(=O)CC(=O)NC(C)(C)C(C)(C)O. The van der Waals surface area contributed by atoms with Gasteiger partial charge < -0.3 is 10.4 Å². The molecule has 0 spiro atoms. The lowest BCUT2D eigenvalue weighted by Gasteiger charge is -2.37. The van der Waals surface area contributed by atoms with Crippen molar-refractivity contribution in [2.45, 2.75) is 52.2 Å². The molecule has 0 radical (unpaired) electrons. The van der Waals surface area contributed by atoms with Crippen LogP contribution < -0.4 is 5.32 Å². The second-order valence-corrected chi connectivity index (χ2v) is 4.61. The molecule has 4 heteroatoms. The minimum absolute atomic E-state index is 0.139. The van der Waals surface area contributed by atoms with Gasteiger partial charge >= 0.3 is 0 Å². The molecule has 0 bridgehead atoms. The number of carbonyl (C=O) groups is 2. The third-order valence-electron chi connectivity index (χ3n) is 2.39. The summed E-state index contributed by atoms with van der Waals surface area (Å²) in [6, 6.07) is 0. The van der Waals surface area contributed by atoms with Gasteiger partial charge in [-0.25, -0.2) is 0 Å². The van der Waals surface area contributed by atoms with Crippen molar-refractivity contribution in [1.29, 1.82) is 0 Å². The van der Waals surface area contributed by atoms with Gasteiger partial charge in [0.1, 0.15) is 5.78 Å². The van der Waals surface area contributed by atoms with Crippen molar-refractivity contribution in [3.63, 3.8) is 0 Å². The quantitative estimate of drug-likeness (QED) is 0.656. The van der Waals surface area contributed by atoms with Crippen LogP contribution >= 0.6 is 0 Å². The van der Waals surface area contributed by atoms with E-state index in [1.165, 1.54) is 6.92 Å². The van der Waals surface area contributed by atoms with Crippen LogP contribution in [0.3, 0.4) is 0 Å². The summed E-state index contributed by atoms with van der Waals surface area (Å²) in [6.45, 7) is 8.01. The fraction of sp³-hybridized carbons (Fsp3) is 0.800. The maximum Gasteiger partial charge on any atom is 0.227 e. The zero-order chi connectivity index (χ0) is 11.6. The van der Waals surface area contributed by atoms with Gasteiger partial charge in [-0.15, -0.1) is 0 Å². The van der Waals surface area contributed by atoms with Crippen molar-refractivity contribution in [2.24, 2.45) is 0 Å². The van der Waals surface area contributed by atoms with E-state index in [-0.39, 0.29) is 18.1 Å².